The van der Waals surface area contributed by atoms with E-state index >= 15 is 0 Å². The van der Waals surface area contributed by atoms with Gasteiger partial charge in [0.05, 0.1) is 25.7 Å². The highest BCUT2D eigenvalue weighted by Crippen LogP contribution is 2.41. The molecule has 0 saturated heterocycles. The molecule has 7 nitrogen and oxygen atoms in total. The van der Waals surface area contributed by atoms with Crippen molar-refractivity contribution in [3.63, 3.8) is 0 Å². The van der Waals surface area contributed by atoms with E-state index in [9.17, 15) is 14.7 Å². The number of aliphatic imine (C=N–C) groups is 1. The van der Waals surface area contributed by atoms with E-state index < -0.39 is 11.9 Å². The number of hydrogen-bond acceptors (Lipinski definition) is 7. The van der Waals surface area contributed by atoms with Gasteiger partial charge in [0.25, 0.3) is 0 Å². The van der Waals surface area contributed by atoms with Gasteiger partial charge in [0.1, 0.15) is 16.4 Å². The van der Waals surface area contributed by atoms with Crippen molar-refractivity contribution >= 4 is 34.8 Å². The van der Waals surface area contributed by atoms with Gasteiger partial charge in [0, 0.05) is 12.0 Å². The lowest BCUT2D eigenvalue weighted by molar-refractivity contribution is -0.138. The zero-order chi connectivity index (χ0) is 20.0. The molecule has 144 valence electrons. The Morgan fingerprint density at radius 1 is 1.22 bits per heavy atom. The van der Waals surface area contributed by atoms with Crippen molar-refractivity contribution in [1.29, 1.82) is 0 Å². The molecule has 0 fully saturated rings. The fourth-order valence-electron chi connectivity index (χ4n) is 2.35. The normalized spacial score (nSPS) is 16.7. The molecule has 1 aromatic carbocycles. The standard InChI is InChI=1S/C19H21NO6S/c1-5-14(21)20-18-15(19(23)26-6-2)16(22)13(27-18)10-11-8-7-9-12(24-3)17(11)25-4/h7-10,22H,5-6H2,1-4H3/b13-10-,20-18?. The van der Waals surface area contributed by atoms with Crippen LogP contribution in [0.1, 0.15) is 25.8 Å². The molecule has 1 heterocycles. The van der Waals surface area contributed by atoms with Gasteiger partial charge in [-0.25, -0.2) is 9.79 Å². The average Bonchev–Trinajstić information content (AvgIpc) is 2.96. The number of aliphatic hydroxyl groups is 1. The molecule has 0 spiro atoms. The number of thioether (sulfide) groups is 1. The Morgan fingerprint density at radius 3 is 2.56 bits per heavy atom. The maximum atomic E-state index is 12.2. The molecular weight excluding hydrogens is 370 g/mol. The summed E-state index contributed by atoms with van der Waals surface area (Å²) in [5.41, 5.74) is 0.522. The Balaban J connectivity index is 2.55. The third-order valence-corrected chi connectivity index (χ3v) is 4.64. The largest absolute Gasteiger partial charge is 0.506 e. The first-order valence-corrected chi connectivity index (χ1v) is 9.11. The van der Waals surface area contributed by atoms with Crippen molar-refractivity contribution in [2.24, 2.45) is 4.99 Å². The second-order valence-electron chi connectivity index (χ2n) is 5.30. The van der Waals surface area contributed by atoms with E-state index in [2.05, 4.69) is 4.99 Å². The number of ether oxygens (including phenoxy) is 3. The molecule has 0 unspecified atom stereocenters. The molecule has 0 bridgehead atoms. The summed E-state index contributed by atoms with van der Waals surface area (Å²) in [6.45, 7) is 3.46. The van der Waals surface area contributed by atoms with Gasteiger partial charge in [-0.3, -0.25) is 4.79 Å². The number of methoxy groups -OCH3 is 2. The van der Waals surface area contributed by atoms with E-state index in [-0.39, 0.29) is 29.4 Å². The lowest BCUT2D eigenvalue weighted by Crippen LogP contribution is -2.14. The molecule has 1 N–H and O–H groups in total. The van der Waals surface area contributed by atoms with Crippen molar-refractivity contribution in [3.05, 3.63) is 40.0 Å². The van der Waals surface area contributed by atoms with E-state index in [4.69, 9.17) is 14.2 Å². The highest BCUT2D eigenvalue weighted by atomic mass is 32.2. The SMILES string of the molecule is CCOC(=O)C1=C(O)/C(=C/c2cccc(OC)c2OC)SC1=NC(=O)CC. The number of para-hydroxylation sites is 1. The van der Waals surface area contributed by atoms with Gasteiger partial charge in [-0.2, -0.15) is 0 Å². The molecule has 1 aromatic rings. The van der Waals surface area contributed by atoms with Gasteiger partial charge in [-0.1, -0.05) is 30.8 Å². The number of esters is 1. The van der Waals surface area contributed by atoms with E-state index in [1.807, 2.05) is 0 Å². The lowest BCUT2D eigenvalue weighted by Gasteiger charge is -2.10. The molecule has 0 saturated carbocycles. The van der Waals surface area contributed by atoms with Gasteiger partial charge in [-0.15, -0.1) is 0 Å². The third kappa shape index (κ3) is 4.51. The van der Waals surface area contributed by atoms with Crippen molar-refractivity contribution in [2.75, 3.05) is 20.8 Å². The van der Waals surface area contributed by atoms with Gasteiger partial charge >= 0.3 is 5.97 Å². The molecular formula is C19H21NO6S. The van der Waals surface area contributed by atoms with Crippen LogP contribution in [-0.4, -0.2) is 42.9 Å². The lowest BCUT2D eigenvalue weighted by atomic mass is 10.1. The van der Waals surface area contributed by atoms with Crippen molar-refractivity contribution in [2.45, 2.75) is 20.3 Å². The van der Waals surface area contributed by atoms with E-state index in [0.717, 1.165) is 11.8 Å². The maximum absolute atomic E-state index is 12.2. The monoisotopic (exact) mass is 391 g/mol. The minimum Gasteiger partial charge on any atom is -0.506 e. The first-order chi connectivity index (χ1) is 13.0. The molecule has 1 aliphatic heterocycles. The summed E-state index contributed by atoms with van der Waals surface area (Å²) in [6.07, 6.45) is 1.82. The zero-order valence-corrected chi connectivity index (χ0v) is 16.4. The number of amides is 1. The number of rotatable bonds is 6. The van der Waals surface area contributed by atoms with Crippen LogP contribution < -0.4 is 9.47 Å². The molecule has 8 heteroatoms. The number of carbonyl (C=O) groups is 2. The highest BCUT2D eigenvalue weighted by Gasteiger charge is 2.33. The summed E-state index contributed by atoms with van der Waals surface area (Å²) in [5.74, 6) is -0.406. The van der Waals surface area contributed by atoms with Crippen LogP contribution >= 0.6 is 11.8 Å². The van der Waals surface area contributed by atoms with Crippen LogP contribution in [0.5, 0.6) is 11.5 Å². The Kier molecular flexibility index (Phi) is 7.06. The topological polar surface area (TPSA) is 94.4 Å². The Morgan fingerprint density at radius 2 is 1.96 bits per heavy atom. The highest BCUT2D eigenvalue weighted by molar-refractivity contribution is 8.18. The van der Waals surface area contributed by atoms with E-state index in [1.165, 1.54) is 14.2 Å². The van der Waals surface area contributed by atoms with Gasteiger partial charge in [0.2, 0.25) is 5.91 Å². The molecule has 2 rings (SSSR count). The van der Waals surface area contributed by atoms with Crippen molar-refractivity contribution in [3.8, 4) is 11.5 Å². The molecule has 1 aliphatic rings. The predicted octanol–water partition coefficient (Wildman–Crippen LogP) is 3.50. The molecule has 1 amide bonds. The fraction of sp³-hybridized carbons (Fsp3) is 0.316. The number of nitrogens with zero attached hydrogens (tertiary/aromatic N) is 1. The summed E-state index contributed by atoms with van der Waals surface area (Å²) in [5, 5.41) is 10.7. The molecule has 0 radical (unpaired) electrons. The number of carbonyl (C=O) groups excluding carboxylic acids is 2. The van der Waals surface area contributed by atoms with Crippen LogP contribution in [0.2, 0.25) is 0 Å². The second-order valence-corrected chi connectivity index (χ2v) is 6.33. The first kappa shape index (κ1) is 20.6. The zero-order valence-electron chi connectivity index (χ0n) is 15.6. The minimum atomic E-state index is -0.730. The first-order valence-electron chi connectivity index (χ1n) is 8.29. The van der Waals surface area contributed by atoms with E-state index in [1.54, 1.807) is 38.1 Å². The predicted molar refractivity (Wildman–Crippen MR) is 104 cm³/mol. The second kappa shape index (κ2) is 9.27. The van der Waals surface area contributed by atoms with Gasteiger partial charge in [-0.05, 0) is 19.1 Å². The van der Waals surface area contributed by atoms with Crippen LogP contribution in [0.4, 0.5) is 0 Å². The van der Waals surface area contributed by atoms with Crippen molar-refractivity contribution < 1.29 is 28.9 Å². The Labute approximate surface area is 161 Å². The van der Waals surface area contributed by atoms with Gasteiger partial charge in [0.15, 0.2) is 11.5 Å². The fourth-order valence-corrected chi connectivity index (χ4v) is 3.37. The maximum Gasteiger partial charge on any atom is 0.344 e. The Bertz CT molecular complexity index is 841. The third-order valence-electron chi connectivity index (χ3n) is 3.62. The summed E-state index contributed by atoms with van der Waals surface area (Å²) in [6, 6.07) is 5.30. The van der Waals surface area contributed by atoms with Crippen LogP contribution in [0.3, 0.4) is 0 Å². The smallest absolute Gasteiger partial charge is 0.344 e. The van der Waals surface area contributed by atoms with Crippen molar-refractivity contribution in [1.82, 2.24) is 0 Å². The molecule has 0 aliphatic carbocycles. The summed E-state index contributed by atoms with van der Waals surface area (Å²) in [7, 11) is 3.03. The van der Waals surface area contributed by atoms with Crippen LogP contribution in [0.25, 0.3) is 6.08 Å². The summed E-state index contributed by atoms with van der Waals surface area (Å²) >= 11 is 1.02. The van der Waals surface area contributed by atoms with Crippen LogP contribution in [0, 0.1) is 0 Å². The molecule has 0 atom stereocenters. The number of benzene rings is 1. The summed E-state index contributed by atoms with van der Waals surface area (Å²) in [4.78, 5) is 28.3. The Hall–Kier alpha value is -2.74. The van der Waals surface area contributed by atoms with Gasteiger partial charge < -0.3 is 19.3 Å². The quantitative estimate of drug-likeness (QED) is 0.742. The van der Waals surface area contributed by atoms with Crippen LogP contribution in [-0.2, 0) is 14.3 Å². The van der Waals surface area contributed by atoms with E-state index in [0.29, 0.717) is 22.0 Å². The molecule has 0 aromatic heterocycles. The minimum absolute atomic E-state index is 0.114. The summed E-state index contributed by atoms with van der Waals surface area (Å²) < 4.78 is 15.6. The molecule has 27 heavy (non-hydrogen) atoms. The number of hydrogen-bond donors (Lipinski definition) is 1. The van der Waals surface area contributed by atoms with Crippen LogP contribution in [0.15, 0.2) is 39.4 Å². The average molecular weight is 391 g/mol. The number of aliphatic hydroxyl groups excluding tert-OH is 1.